The Balaban J connectivity index is 4.00. The fraction of sp³-hybridized carbons (Fsp3) is 0.900. The number of hydrogen-bond acceptors (Lipinski definition) is 5. The lowest BCUT2D eigenvalue weighted by Crippen LogP contribution is -2.25. The van der Waals surface area contributed by atoms with Crippen molar-refractivity contribution < 1.29 is 35.9 Å². The summed E-state index contributed by atoms with van der Waals surface area (Å²) in [5, 5.41) is -0.928. The summed E-state index contributed by atoms with van der Waals surface area (Å²) in [6.45, 7) is -0.350. The molecule has 0 aromatic heterocycles. The van der Waals surface area contributed by atoms with Crippen molar-refractivity contribution in [3.63, 3.8) is 0 Å². The molecule has 1 unspecified atom stereocenters. The third kappa shape index (κ3) is 8.82. The van der Waals surface area contributed by atoms with Crippen molar-refractivity contribution in [2.75, 3.05) is 26.1 Å². The van der Waals surface area contributed by atoms with Crippen LogP contribution in [0.5, 0.6) is 0 Å². The van der Waals surface area contributed by atoms with Crippen LogP contribution < -0.4 is 0 Å². The minimum absolute atomic E-state index is 0.0517. The Morgan fingerprint density at radius 1 is 1.32 bits per heavy atom. The number of methoxy groups -OCH3 is 1. The molecule has 0 spiro atoms. The van der Waals surface area contributed by atoms with Crippen molar-refractivity contribution in [3.05, 3.63) is 0 Å². The molecule has 0 aliphatic rings. The van der Waals surface area contributed by atoms with Gasteiger partial charge in [-0.25, -0.2) is 8.42 Å². The predicted molar refractivity (Wildman–Crippen MR) is 61.4 cm³/mol. The van der Waals surface area contributed by atoms with Gasteiger partial charge in [-0.2, -0.15) is 13.2 Å². The Morgan fingerprint density at radius 2 is 1.89 bits per heavy atom. The lowest BCUT2D eigenvalue weighted by molar-refractivity contribution is -0.173. The van der Waals surface area contributed by atoms with Gasteiger partial charge in [-0.1, -0.05) is 0 Å². The van der Waals surface area contributed by atoms with E-state index in [4.69, 9.17) is 0 Å². The van der Waals surface area contributed by atoms with Crippen LogP contribution in [0.1, 0.15) is 19.8 Å². The Labute approximate surface area is 110 Å². The maximum atomic E-state index is 11.7. The Kier molecular flexibility index (Phi) is 7.35. The molecule has 0 aromatic carbocycles. The molecular weight excluding hydrogens is 289 g/mol. The van der Waals surface area contributed by atoms with Crippen LogP contribution in [0, 0.1) is 0 Å². The van der Waals surface area contributed by atoms with Gasteiger partial charge in [0.05, 0.1) is 24.5 Å². The fourth-order valence-corrected chi connectivity index (χ4v) is 2.51. The van der Waals surface area contributed by atoms with E-state index in [1.807, 2.05) is 0 Å². The number of esters is 1. The van der Waals surface area contributed by atoms with E-state index in [1.165, 1.54) is 6.92 Å². The van der Waals surface area contributed by atoms with Gasteiger partial charge in [-0.05, 0) is 13.3 Å². The van der Waals surface area contributed by atoms with Crippen LogP contribution in [-0.2, 0) is 24.1 Å². The van der Waals surface area contributed by atoms with E-state index in [0.717, 1.165) is 7.11 Å². The van der Waals surface area contributed by atoms with Gasteiger partial charge < -0.3 is 9.47 Å². The topological polar surface area (TPSA) is 69.7 Å². The molecule has 1 atom stereocenters. The van der Waals surface area contributed by atoms with Crippen molar-refractivity contribution in [2.24, 2.45) is 0 Å². The number of carbonyl (C=O) groups excluding carboxylic acids is 1. The molecule has 0 heterocycles. The van der Waals surface area contributed by atoms with E-state index in [-0.39, 0.29) is 25.2 Å². The normalized spacial score (nSPS) is 14.2. The zero-order chi connectivity index (χ0) is 15.1. The number of sulfone groups is 1. The highest BCUT2D eigenvalue weighted by Gasteiger charge is 2.27. The van der Waals surface area contributed by atoms with Crippen molar-refractivity contribution in [2.45, 2.75) is 31.2 Å². The molecule has 0 aromatic rings. The largest absolute Gasteiger partial charge is 0.469 e. The third-order valence-corrected chi connectivity index (χ3v) is 4.53. The first kappa shape index (κ1) is 18.2. The van der Waals surface area contributed by atoms with Crippen molar-refractivity contribution in [3.8, 4) is 0 Å². The second-order valence-electron chi connectivity index (χ2n) is 3.98. The second kappa shape index (κ2) is 7.68. The summed E-state index contributed by atoms with van der Waals surface area (Å²) in [4.78, 5) is 10.9. The number of rotatable bonds is 8. The molecule has 0 aliphatic carbocycles. The van der Waals surface area contributed by atoms with E-state index >= 15 is 0 Å². The van der Waals surface area contributed by atoms with Crippen LogP contribution >= 0.6 is 0 Å². The Bertz CT molecular complexity index is 377. The molecule has 0 fully saturated rings. The van der Waals surface area contributed by atoms with Crippen LogP contribution in [0.4, 0.5) is 13.2 Å². The first-order valence-electron chi connectivity index (χ1n) is 5.51. The molecule has 0 bridgehead atoms. The molecule has 9 heteroatoms. The van der Waals surface area contributed by atoms with Gasteiger partial charge in [-0.3, -0.25) is 4.79 Å². The molecule has 0 aliphatic heterocycles. The molecule has 5 nitrogen and oxygen atoms in total. The summed E-state index contributed by atoms with van der Waals surface area (Å²) in [7, 11) is -2.40. The minimum atomic E-state index is -4.42. The van der Waals surface area contributed by atoms with E-state index in [0.29, 0.717) is 0 Å². The average Bonchev–Trinajstić information content (AvgIpc) is 2.26. The van der Waals surface area contributed by atoms with Gasteiger partial charge in [0.2, 0.25) is 0 Å². The number of carbonyl (C=O) groups is 1. The Hall–Kier alpha value is -0.830. The summed E-state index contributed by atoms with van der Waals surface area (Å²) in [6.07, 6.45) is -4.75. The maximum Gasteiger partial charge on any atom is 0.411 e. The molecule has 0 radical (unpaired) electrons. The van der Waals surface area contributed by atoms with Crippen LogP contribution in [0.3, 0.4) is 0 Å². The van der Waals surface area contributed by atoms with Crippen LogP contribution in [-0.4, -0.2) is 51.9 Å². The second-order valence-corrected chi connectivity index (χ2v) is 6.52. The van der Waals surface area contributed by atoms with Gasteiger partial charge in [0.25, 0.3) is 0 Å². The van der Waals surface area contributed by atoms with Gasteiger partial charge in [0.15, 0.2) is 9.84 Å². The SMILES string of the molecule is COC(=O)CC(C)S(=O)(=O)CCCOCC(F)(F)F. The quantitative estimate of drug-likeness (QED) is 0.500. The number of alkyl halides is 3. The molecule has 19 heavy (non-hydrogen) atoms. The lowest BCUT2D eigenvalue weighted by Gasteiger charge is -2.12. The smallest absolute Gasteiger partial charge is 0.411 e. The van der Waals surface area contributed by atoms with E-state index in [9.17, 15) is 26.4 Å². The highest BCUT2D eigenvalue weighted by Crippen LogP contribution is 2.15. The molecule has 0 rings (SSSR count). The van der Waals surface area contributed by atoms with Crippen LogP contribution in [0.25, 0.3) is 0 Å². The van der Waals surface area contributed by atoms with E-state index < -0.39 is 33.8 Å². The average molecular weight is 306 g/mol. The van der Waals surface area contributed by atoms with E-state index in [2.05, 4.69) is 9.47 Å². The summed E-state index contributed by atoms with van der Waals surface area (Å²) >= 11 is 0. The highest BCUT2D eigenvalue weighted by molar-refractivity contribution is 7.92. The predicted octanol–water partition coefficient (Wildman–Crippen LogP) is 1.32. The zero-order valence-electron chi connectivity index (χ0n) is 10.7. The zero-order valence-corrected chi connectivity index (χ0v) is 11.5. The number of ether oxygens (including phenoxy) is 2. The molecule has 0 saturated carbocycles. The van der Waals surface area contributed by atoms with Gasteiger partial charge in [-0.15, -0.1) is 0 Å². The fourth-order valence-electron chi connectivity index (χ4n) is 1.20. The molecule has 0 amide bonds. The summed E-state index contributed by atoms with van der Waals surface area (Å²) < 4.78 is 67.1. The third-order valence-electron chi connectivity index (χ3n) is 2.28. The maximum absolute atomic E-state index is 11.7. The van der Waals surface area contributed by atoms with Crippen molar-refractivity contribution >= 4 is 15.8 Å². The Morgan fingerprint density at radius 3 is 2.37 bits per heavy atom. The number of halogens is 3. The molecule has 0 saturated heterocycles. The summed E-state index contributed by atoms with van der Waals surface area (Å²) in [5.74, 6) is -0.979. The van der Waals surface area contributed by atoms with Crippen LogP contribution in [0.15, 0.2) is 0 Å². The lowest BCUT2D eigenvalue weighted by atomic mass is 10.3. The van der Waals surface area contributed by atoms with Crippen molar-refractivity contribution in [1.82, 2.24) is 0 Å². The standard InChI is InChI=1S/C10H17F3O5S/c1-8(6-9(14)17-2)19(15,16)5-3-4-18-7-10(11,12)13/h8H,3-7H2,1-2H3. The monoisotopic (exact) mass is 306 g/mol. The summed E-state index contributed by atoms with van der Waals surface area (Å²) in [5.41, 5.74) is 0. The van der Waals surface area contributed by atoms with Crippen LogP contribution in [0.2, 0.25) is 0 Å². The molecule has 114 valence electrons. The number of hydrogen-bond donors (Lipinski definition) is 0. The van der Waals surface area contributed by atoms with E-state index in [1.54, 1.807) is 0 Å². The minimum Gasteiger partial charge on any atom is -0.469 e. The van der Waals surface area contributed by atoms with Gasteiger partial charge in [0.1, 0.15) is 6.61 Å². The van der Waals surface area contributed by atoms with Gasteiger partial charge >= 0.3 is 12.1 Å². The van der Waals surface area contributed by atoms with Crippen molar-refractivity contribution in [1.29, 1.82) is 0 Å². The highest BCUT2D eigenvalue weighted by atomic mass is 32.2. The molecule has 0 N–H and O–H groups in total. The first-order chi connectivity index (χ1) is 8.58. The van der Waals surface area contributed by atoms with Gasteiger partial charge in [0, 0.05) is 6.61 Å². The summed E-state index contributed by atoms with van der Waals surface area (Å²) in [6, 6.07) is 0. The molecular formula is C10H17F3O5S. The first-order valence-corrected chi connectivity index (χ1v) is 7.23.